The third-order valence-electron chi connectivity index (χ3n) is 4.90. The first-order chi connectivity index (χ1) is 12.7. The number of piperazine rings is 1. The molecule has 0 spiro atoms. The highest BCUT2D eigenvalue weighted by molar-refractivity contribution is 5.53. The van der Waals surface area contributed by atoms with Crippen LogP contribution in [-0.4, -0.2) is 72.4 Å². The van der Waals surface area contributed by atoms with E-state index in [2.05, 4.69) is 40.7 Å². The van der Waals surface area contributed by atoms with Crippen LogP contribution in [0.4, 0.5) is 17.5 Å². The Morgan fingerprint density at radius 2 is 1.35 bits per heavy atom. The molecule has 0 unspecified atom stereocenters. The molecule has 2 aromatic rings. The molecular weight excluding hydrogens is 330 g/mol. The average molecular weight is 355 g/mol. The van der Waals surface area contributed by atoms with Gasteiger partial charge in [-0.15, -0.1) is 0 Å². The van der Waals surface area contributed by atoms with Crippen LogP contribution in [0.3, 0.4) is 0 Å². The van der Waals surface area contributed by atoms with E-state index in [1.807, 2.05) is 13.8 Å². The van der Waals surface area contributed by atoms with Crippen molar-refractivity contribution in [3.8, 4) is 0 Å². The molecule has 138 valence electrons. The van der Waals surface area contributed by atoms with Gasteiger partial charge >= 0.3 is 0 Å². The molecule has 2 aromatic heterocycles. The molecule has 4 heterocycles. The minimum Gasteiger partial charge on any atom is -0.378 e. The summed E-state index contributed by atoms with van der Waals surface area (Å²) in [5.41, 5.74) is 0.980. The molecule has 0 amide bonds. The fourth-order valence-electron chi connectivity index (χ4n) is 3.51. The van der Waals surface area contributed by atoms with Crippen LogP contribution in [0, 0.1) is 13.8 Å². The van der Waals surface area contributed by atoms with Gasteiger partial charge in [0.1, 0.15) is 23.3 Å². The predicted molar refractivity (Wildman–Crippen MR) is 101 cm³/mol. The van der Waals surface area contributed by atoms with Gasteiger partial charge in [-0.25, -0.2) is 15.0 Å². The van der Waals surface area contributed by atoms with Gasteiger partial charge in [0.05, 0.1) is 18.9 Å². The summed E-state index contributed by atoms with van der Waals surface area (Å²) >= 11 is 0. The second-order valence-corrected chi connectivity index (χ2v) is 6.67. The Morgan fingerprint density at radius 1 is 0.769 bits per heavy atom. The number of aromatic nitrogens is 4. The van der Waals surface area contributed by atoms with Crippen molar-refractivity contribution >= 4 is 17.5 Å². The Hall–Kier alpha value is -2.48. The van der Waals surface area contributed by atoms with E-state index in [4.69, 9.17) is 4.74 Å². The standard InChI is InChI=1S/C18H25N7O/c1-14-18(20-4-3-19-14)25-7-5-23(6-8-25)16-13-17(22-15(2)21-16)24-9-11-26-12-10-24/h3-4,13H,5-12H2,1-2H3. The molecule has 0 radical (unpaired) electrons. The zero-order chi connectivity index (χ0) is 17.9. The second kappa shape index (κ2) is 7.41. The molecule has 8 heteroatoms. The summed E-state index contributed by atoms with van der Waals surface area (Å²) in [6.45, 7) is 10.9. The summed E-state index contributed by atoms with van der Waals surface area (Å²) in [6.07, 6.45) is 3.50. The van der Waals surface area contributed by atoms with Crippen LogP contribution in [0.2, 0.25) is 0 Å². The topological polar surface area (TPSA) is 70.5 Å². The number of ether oxygens (including phenoxy) is 1. The first kappa shape index (κ1) is 17.0. The van der Waals surface area contributed by atoms with Crippen molar-refractivity contribution in [3.63, 3.8) is 0 Å². The third-order valence-corrected chi connectivity index (χ3v) is 4.90. The van der Waals surface area contributed by atoms with E-state index in [0.717, 1.165) is 81.5 Å². The maximum atomic E-state index is 5.45. The van der Waals surface area contributed by atoms with Crippen LogP contribution < -0.4 is 14.7 Å². The highest BCUT2D eigenvalue weighted by Gasteiger charge is 2.22. The van der Waals surface area contributed by atoms with Crippen LogP contribution in [0.15, 0.2) is 18.5 Å². The maximum Gasteiger partial charge on any atom is 0.150 e. The maximum absolute atomic E-state index is 5.45. The van der Waals surface area contributed by atoms with Gasteiger partial charge in [0, 0.05) is 57.7 Å². The largest absolute Gasteiger partial charge is 0.378 e. The zero-order valence-electron chi connectivity index (χ0n) is 15.4. The fraction of sp³-hybridized carbons (Fsp3) is 0.556. The van der Waals surface area contributed by atoms with Crippen molar-refractivity contribution in [2.75, 3.05) is 67.2 Å². The van der Waals surface area contributed by atoms with Crippen molar-refractivity contribution < 1.29 is 4.74 Å². The van der Waals surface area contributed by atoms with Crippen molar-refractivity contribution in [2.24, 2.45) is 0 Å². The molecule has 0 atom stereocenters. The number of nitrogens with zero attached hydrogens (tertiary/aromatic N) is 7. The number of aryl methyl sites for hydroxylation is 2. The monoisotopic (exact) mass is 355 g/mol. The van der Waals surface area contributed by atoms with Gasteiger partial charge in [0.2, 0.25) is 0 Å². The molecule has 2 saturated heterocycles. The Morgan fingerprint density at radius 3 is 2.00 bits per heavy atom. The summed E-state index contributed by atoms with van der Waals surface area (Å²) in [5.74, 6) is 3.81. The minimum atomic E-state index is 0.758. The van der Waals surface area contributed by atoms with Crippen LogP contribution in [-0.2, 0) is 4.74 Å². The first-order valence-corrected chi connectivity index (χ1v) is 9.16. The van der Waals surface area contributed by atoms with E-state index in [0.29, 0.717) is 0 Å². The van der Waals surface area contributed by atoms with Gasteiger partial charge in [0.25, 0.3) is 0 Å². The smallest absolute Gasteiger partial charge is 0.150 e. The van der Waals surface area contributed by atoms with Crippen LogP contribution in [0.5, 0.6) is 0 Å². The minimum absolute atomic E-state index is 0.758. The number of anilines is 3. The van der Waals surface area contributed by atoms with Crippen molar-refractivity contribution in [1.29, 1.82) is 0 Å². The lowest BCUT2D eigenvalue weighted by Gasteiger charge is -2.37. The van der Waals surface area contributed by atoms with E-state index < -0.39 is 0 Å². The lowest BCUT2D eigenvalue weighted by Crippen LogP contribution is -2.47. The first-order valence-electron chi connectivity index (χ1n) is 9.16. The van der Waals surface area contributed by atoms with Gasteiger partial charge in [0.15, 0.2) is 0 Å². The van der Waals surface area contributed by atoms with Gasteiger partial charge in [-0.1, -0.05) is 0 Å². The van der Waals surface area contributed by atoms with Gasteiger partial charge in [-0.2, -0.15) is 0 Å². The lowest BCUT2D eigenvalue weighted by atomic mass is 10.2. The summed E-state index contributed by atoms with van der Waals surface area (Å²) < 4.78 is 5.45. The Balaban J connectivity index is 1.47. The summed E-state index contributed by atoms with van der Waals surface area (Å²) in [5, 5.41) is 0. The molecule has 0 aliphatic carbocycles. The Labute approximate surface area is 153 Å². The second-order valence-electron chi connectivity index (χ2n) is 6.67. The van der Waals surface area contributed by atoms with Crippen molar-refractivity contribution in [2.45, 2.75) is 13.8 Å². The van der Waals surface area contributed by atoms with Gasteiger partial charge in [-0.05, 0) is 13.8 Å². The number of hydrogen-bond acceptors (Lipinski definition) is 8. The quantitative estimate of drug-likeness (QED) is 0.809. The number of hydrogen-bond donors (Lipinski definition) is 0. The molecule has 0 bridgehead atoms. The van der Waals surface area contributed by atoms with E-state index in [9.17, 15) is 0 Å². The summed E-state index contributed by atoms with van der Waals surface area (Å²) in [7, 11) is 0. The molecule has 0 N–H and O–H groups in total. The number of rotatable bonds is 3. The van der Waals surface area contributed by atoms with Gasteiger partial charge in [-0.3, -0.25) is 4.98 Å². The third kappa shape index (κ3) is 3.55. The molecule has 8 nitrogen and oxygen atoms in total. The zero-order valence-corrected chi connectivity index (χ0v) is 15.4. The van der Waals surface area contributed by atoms with Crippen LogP contribution >= 0.6 is 0 Å². The van der Waals surface area contributed by atoms with E-state index in [1.54, 1.807) is 12.4 Å². The SMILES string of the molecule is Cc1nc(N2CCOCC2)cc(N2CCN(c3nccnc3C)CC2)n1. The van der Waals surface area contributed by atoms with E-state index in [-0.39, 0.29) is 0 Å². The highest BCUT2D eigenvalue weighted by Crippen LogP contribution is 2.23. The molecule has 2 fully saturated rings. The predicted octanol–water partition coefficient (Wildman–Crippen LogP) is 1.05. The molecule has 2 aliphatic rings. The molecule has 0 saturated carbocycles. The molecular formula is C18H25N7O. The molecule has 4 rings (SSSR count). The molecule has 2 aliphatic heterocycles. The average Bonchev–Trinajstić information content (AvgIpc) is 2.69. The highest BCUT2D eigenvalue weighted by atomic mass is 16.5. The Bertz CT molecular complexity index is 755. The molecule has 26 heavy (non-hydrogen) atoms. The van der Waals surface area contributed by atoms with Gasteiger partial charge < -0.3 is 19.4 Å². The van der Waals surface area contributed by atoms with E-state index >= 15 is 0 Å². The van der Waals surface area contributed by atoms with Crippen LogP contribution in [0.25, 0.3) is 0 Å². The van der Waals surface area contributed by atoms with E-state index in [1.165, 1.54) is 0 Å². The van der Waals surface area contributed by atoms with Crippen molar-refractivity contribution in [3.05, 3.63) is 30.0 Å². The fourth-order valence-corrected chi connectivity index (χ4v) is 3.51. The van der Waals surface area contributed by atoms with Crippen LogP contribution in [0.1, 0.15) is 11.5 Å². The lowest BCUT2D eigenvalue weighted by molar-refractivity contribution is 0.122. The Kier molecular flexibility index (Phi) is 4.83. The summed E-state index contributed by atoms with van der Waals surface area (Å²) in [4.78, 5) is 25.1. The molecule has 0 aromatic carbocycles. The number of morpholine rings is 1. The summed E-state index contributed by atoms with van der Waals surface area (Å²) in [6, 6.07) is 2.11. The normalized spacial score (nSPS) is 18.3. The van der Waals surface area contributed by atoms with Crippen molar-refractivity contribution in [1.82, 2.24) is 19.9 Å².